The van der Waals surface area contributed by atoms with Gasteiger partial charge >= 0.3 is 0 Å². The van der Waals surface area contributed by atoms with Crippen molar-refractivity contribution in [2.45, 2.75) is 32.7 Å². The topological polar surface area (TPSA) is 63.4 Å². The number of nitrogens with zero attached hydrogens (tertiary/aromatic N) is 2. The van der Waals surface area contributed by atoms with E-state index in [4.69, 9.17) is 4.42 Å². The van der Waals surface area contributed by atoms with Crippen molar-refractivity contribution in [1.29, 1.82) is 0 Å². The average Bonchev–Trinajstić information content (AvgIpc) is 3.30. The van der Waals surface area contributed by atoms with Gasteiger partial charge in [-0.15, -0.1) is 11.3 Å². The van der Waals surface area contributed by atoms with Crippen molar-refractivity contribution in [3.05, 3.63) is 90.7 Å². The number of hydrogen-bond donors (Lipinski definition) is 0. The Balaban J connectivity index is 1.78. The summed E-state index contributed by atoms with van der Waals surface area (Å²) in [6.07, 6.45) is 0. The second-order valence-corrected chi connectivity index (χ2v) is 9.74. The molecule has 5 nitrogen and oxygen atoms in total. The lowest BCUT2D eigenvalue weighted by molar-refractivity contribution is 0.0971. The molecule has 2 aromatic heterocycles. The summed E-state index contributed by atoms with van der Waals surface area (Å²) in [5, 5.41) is 2.89. The first kappa shape index (κ1) is 20.2. The Labute approximate surface area is 191 Å². The van der Waals surface area contributed by atoms with E-state index in [1.165, 1.54) is 16.9 Å². The van der Waals surface area contributed by atoms with Crippen LogP contribution in [-0.2, 0) is 0 Å². The molecular weight excluding hydrogens is 476 g/mol. The highest BCUT2D eigenvalue weighted by Gasteiger charge is 2.44. The molecule has 0 saturated heterocycles. The van der Waals surface area contributed by atoms with Crippen LogP contribution in [0.15, 0.2) is 61.5 Å². The molecule has 0 saturated carbocycles. The lowest BCUT2D eigenvalue weighted by Gasteiger charge is -2.23. The number of aryl methyl sites for hydroxylation is 1. The highest BCUT2D eigenvalue weighted by atomic mass is 79.9. The first-order valence-electron chi connectivity index (χ1n) is 9.97. The lowest BCUT2D eigenvalue weighted by atomic mass is 9.95. The lowest BCUT2D eigenvalue weighted by Crippen LogP contribution is -2.29. The molecule has 4 aromatic rings. The second kappa shape index (κ2) is 7.43. The Morgan fingerprint density at radius 2 is 1.87 bits per heavy atom. The number of hydrogen-bond acceptors (Lipinski definition) is 5. The third kappa shape index (κ3) is 3.23. The van der Waals surface area contributed by atoms with Crippen LogP contribution in [0.5, 0.6) is 0 Å². The summed E-state index contributed by atoms with van der Waals surface area (Å²) in [7, 11) is 0. The van der Waals surface area contributed by atoms with Gasteiger partial charge in [-0.25, -0.2) is 4.98 Å². The first-order valence-corrected chi connectivity index (χ1v) is 11.6. The molecule has 1 unspecified atom stereocenters. The van der Waals surface area contributed by atoms with Crippen LogP contribution in [0.1, 0.15) is 58.7 Å². The molecule has 5 rings (SSSR count). The number of thiazole rings is 1. The van der Waals surface area contributed by atoms with Crippen molar-refractivity contribution in [2.75, 3.05) is 4.90 Å². The van der Waals surface area contributed by atoms with Gasteiger partial charge in [0.1, 0.15) is 5.58 Å². The van der Waals surface area contributed by atoms with Gasteiger partial charge in [0.2, 0.25) is 5.76 Å². The van der Waals surface area contributed by atoms with E-state index in [-0.39, 0.29) is 17.1 Å². The van der Waals surface area contributed by atoms with Crippen LogP contribution >= 0.6 is 27.3 Å². The highest BCUT2D eigenvalue weighted by molar-refractivity contribution is 9.10. The van der Waals surface area contributed by atoms with Crippen LogP contribution in [0.25, 0.3) is 11.0 Å². The standard InChI is InChI=1S/C24H19BrN2O3S/c1-12(2)14-4-6-15(7-5-14)20-19-21(28)17-10-16(25)8-9-18(17)30-22(19)23(29)27(20)24-26-13(3)11-31-24/h4-12,20H,1-3H3. The largest absolute Gasteiger partial charge is 0.450 e. The van der Waals surface area contributed by atoms with Gasteiger partial charge in [-0.2, -0.15) is 0 Å². The normalized spacial score (nSPS) is 15.8. The van der Waals surface area contributed by atoms with Gasteiger partial charge in [0.15, 0.2) is 10.6 Å². The van der Waals surface area contributed by atoms with Crippen molar-refractivity contribution >= 4 is 49.3 Å². The molecule has 7 heteroatoms. The molecule has 156 valence electrons. The number of fused-ring (bicyclic) bond motifs is 2. The Bertz CT molecular complexity index is 1390. The fraction of sp³-hybridized carbons (Fsp3) is 0.208. The molecule has 1 amide bonds. The van der Waals surface area contributed by atoms with E-state index in [1.54, 1.807) is 23.1 Å². The summed E-state index contributed by atoms with van der Waals surface area (Å²) in [4.78, 5) is 33.2. The average molecular weight is 495 g/mol. The Morgan fingerprint density at radius 3 is 2.52 bits per heavy atom. The number of amides is 1. The number of anilines is 1. The van der Waals surface area contributed by atoms with Crippen LogP contribution < -0.4 is 10.3 Å². The maximum atomic E-state index is 13.6. The summed E-state index contributed by atoms with van der Waals surface area (Å²) >= 11 is 4.81. The molecule has 0 fully saturated rings. The number of halogens is 1. The van der Waals surface area contributed by atoms with Gasteiger partial charge in [-0.3, -0.25) is 14.5 Å². The van der Waals surface area contributed by atoms with Crippen molar-refractivity contribution in [1.82, 2.24) is 4.98 Å². The van der Waals surface area contributed by atoms with E-state index in [1.807, 2.05) is 36.6 Å². The van der Waals surface area contributed by atoms with Crippen molar-refractivity contribution in [3.63, 3.8) is 0 Å². The fourth-order valence-corrected chi connectivity index (χ4v) is 5.16. The van der Waals surface area contributed by atoms with Gasteiger partial charge < -0.3 is 4.42 Å². The van der Waals surface area contributed by atoms with Crippen molar-refractivity contribution < 1.29 is 9.21 Å². The number of carbonyl (C=O) groups is 1. The molecule has 0 aliphatic carbocycles. The maximum absolute atomic E-state index is 13.6. The Morgan fingerprint density at radius 1 is 1.13 bits per heavy atom. The molecule has 0 radical (unpaired) electrons. The van der Waals surface area contributed by atoms with E-state index >= 15 is 0 Å². The monoisotopic (exact) mass is 494 g/mol. The molecule has 0 spiro atoms. The van der Waals surface area contributed by atoms with E-state index in [0.717, 1.165) is 15.7 Å². The minimum atomic E-state index is -0.589. The van der Waals surface area contributed by atoms with Gasteiger partial charge in [-0.1, -0.05) is 54.0 Å². The predicted octanol–water partition coefficient (Wildman–Crippen LogP) is 6.19. The Kier molecular flexibility index (Phi) is 4.83. The molecule has 31 heavy (non-hydrogen) atoms. The van der Waals surface area contributed by atoms with Crippen molar-refractivity contribution in [2.24, 2.45) is 0 Å². The molecule has 0 N–H and O–H groups in total. The molecule has 3 heterocycles. The van der Waals surface area contributed by atoms with Crippen LogP contribution in [0, 0.1) is 6.92 Å². The summed E-state index contributed by atoms with van der Waals surface area (Å²) in [5.41, 5.74) is 3.43. The molecule has 0 bridgehead atoms. The minimum Gasteiger partial charge on any atom is -0.450 e. The maximum Gasteiger partial charge on any atom is 0.297 e. The highest BCUT2D eigenvalue weighted by Crippen LogP contribution is 2.42. The van der Waals surface area contributed by atoms with E-state index < -0.39 is 6.04 Å². The molecule has 1 aliphatic heterocycles. The van der Waals surface area contributed by atoms with E-state index in [9.17, 15) is 9.59 Å². The number of benzene rings is 2. The summed E-state index contributed by atoms with van der Waals surface area (Å²) < 4.78 is 6.77. The summed E-state index contributed by atoms with van der Waals surface area (Å²) in [5.74, 6) is 0.130. The van der Waals surface area contributed by atoms with Crippen LogP contribution in [0.3, 0.4) is 0 Å². The molecule has 1 aliphatic rings. The summed E-state index contributed by atoms with van der Waals surface area (Å²) in [6, 6.07) is 12.7. The van der Waals surface area contributed by atoms with Gasteiger partial charge in [0, 0.05) is 9.85 Å². The molecule has 2 aromatic carbocycles. The molecular formula is C24H19BrN2O3S. The SMILES string of the molecule is Cc1csc(N2C(=O)c3oc4ccc(Br)cc4c(=O)c3C2c2ccc(C(C)C)cc2)n1. The number of aromatic nitrogens is 1. The fourth-order valence-electron chi connectivity index (χ4n) is 3.97. The first-order chi connectivity index (χ1) is 14.8. The number of rotatable bonds is 3. The predicted molar refractivity (Wildman–Crippen MR) is 126 cm³/mol. The quantitative estimate of drug-likeness (QED) is 0.340. The Hall–Kier alpha value is -2.77. The van der Waals surface area contributed by atoms with E-state index in [2.05, 4.69) is 34.8 Å². The third-order valence-electron chi connectivity index (χ3n) is 5.56. The van der Waals surface area contributed by atoms with Crippen LogP contribution in [0.2, 0.25) is 0 Å². The second-order valence-electron chi connectivity index (χ2n) is 7.98. The third-order valence-corrected chi connectivity index (χ3v) is 7.02. The zero-order valence-corrected chi connectivity index (χ0v) is 19.6. The zero-order valence-electron chi connectivity index (χ0n) is 17.2. The van der Waals surface area contributed by atoms with Gasteiger partial charge in [0.05, 0.1) is 22.7 Å². The minimum absolute atomic E-state index is 0.0885. The zero-order chi connectivity index (χ0) is 21.9. The summed E-state index contributed by atoms with van der Waals surface area (Å²) in [6.45, 7) is 6.15. The van der Waals surface area contributed by atoms with Crippen molar-refractivity contribution in [3.8, 4) is 0 Å². The van der Waals surface area contributed by atoms with E-state index in [0.29, 0.717) is 27.6 Å². The number of carbonyl (C=O) groups excluding carboxylic acids is 1. The van der Waals surface area contributed by atoms with Crippen LogP contribution in [0.4, 0.5) is 5.13 Å². The van der Waals surface area contributed by atoms with Gasteiger partial charge in [0.25, 0.3) is 5.91 Å². The smallest absolute Gasteiger partial charge is 0.297 e. The molecule has 1 atom stereocenters. The van der Waals surface area contributed by atoms with Gasteiger partial charge in [-0.05, 0) is 42.2 Å². The van der Waals surface area contributed by atoms with Crippen LogP contribution in [-0.4, -0.2) is 10.9 Å².